The molecule has 0 amide bonds. The smallest absolute Gasteiger partial charge is 0.266 e. The SMILES string of the molecule is Cc1ccccc1-n1c(C=Cc2c(C)[nH]c3ccccc23)nc2ccccc2c1=O. The lowest BCUT2D eigenvalue weighted by molar-refractivity contribution is 0.934. The van der Waals surface area contributed by atoms with Crippen LogP contribution in [0.1, 0.15) is 22.6 Å². The molecular formula is C26H21N3O. The fraction of sp³-hybridized carbons (Fsp3) is 0.0769. The van der Waals surface area contributed by atoms with Crippen molar-refractivity contribution < 1.29 is 0 Å². The molecule has 0 unspecified atom stereocenters. The van der Waals surface area contributed by atoms with Gasteiger partial charge in [0.1, 0.15) is 5.82 Å². The number of aromatic nitrogens is 3. The summed E-state index contributed by atoms with van der Waals surface area (Å²) in [5.41, 5.74) is 5.78. The van der Waals surface area contributed by atoms with Crippen molar-refractivity contribution in [2.24, 2.45) is 0 Å². The first kappa shape index (κ1) is 18.1. The zero-order chi connectivity index (χ0) is 20.7. The molecule has 0 saturated carbocycles. The van der Waals surface area contributed by atoms with Crippen LogP contribution in [0.4, 0.5) is 0 Å². The Labute approximate surface area is 174 Å². The lowest BCUT2D eigenvalue weighted by Crippen LogP contribution is -2.23. The second kappa shape index (κ2) is 7.16. The maximum absolute atomic E-state index is 13.4. The Balaban J connectivity index is 1.77. The van der Waals surface area contributed by atoms with Crippen LogP contribution in [0.3, 0.4) is 0 Å². The second-order valence-electron chi connectivity index (χ2n) is 7.46. The largest absolute Gasteiger partial charge is 0.358 e. The van der Waals surface area contributed by atoms with Gasteiger partial charge in [-0.1, -0.05) is 48.5 Å². The molecule has 0 spiro atoms. The van der Waals surface area contributed by atoms with Gasteiger partial charge in [0.05, 0.1) is 16.6 Å². The highest BCUT2D eigenvalue weighted by molar-refractivity contribution is 5.93. The van der Waals surface area contributed by atoms with Crippen molar-refractivity contribution in [3.63, 3.8) is 0 Å². The van der Waals surface area contributed by atoms with Gasteiger partial charge in [0.2, 0.25) is 0 Å². The van der Waals surface area contributed by atoms with Gasteiger partial charge in [-0.05, 0) is 55.8 Å². The number of benzene rings is 3. The molecule has 0 atom stereocenters. The Morgan fingerprint density at radius 2 is 1.53 bits per heavy atom. The minimum atomic E-state index is -0.0646. The number of H-pyrrole nitrogens is 1. The zero-order valence-corrected chi connectivity index (χ0v) is 16.9. The molecule has 0 bridgehead atoms. The molecule has 0 aliphatic heterocycles. The van der Waals surface area contributed by atoms with E-state index >= 15 is 0 Å². The fourth-order valence-electron chi connectivity index (χ4n) is 3.98. The quantitative estimate of drug-likeness (QED) is 0.432. The molecule has 5 aromatic rings. The van der Waals surface area contributed by atoms with Gasteiger partial charge in [-0.2, -0.15) is 0 Å². The molecule has 2 aromatic heterocycles. The topological polar surface area (TPSA) is 50.7 Å². The molecule has 0 fully saturated rings. The van der Waals surface area contributed by atoms with Crippen LogP contribution >= 0.6 is 0 Å². The average Bonchev–Trinajstić information content (AvgIpc) is 3.08. The molecular weight excluding hydrogens is 370 g/mol. The Kier molecular flexibility index (Phi) is 4.32. The molecule has 0 radical (unpaired) electrons. The predicted octanol–water partition coefficient (Wildman–Crippen LogP) is 5.65. The van der Waals surface area contributed by atoms with E-state index in [1.165, 1.54) is 0 Å². The number of hydrogen-bond acceptors (Lipinski definition) is 2. The van der Waals surface area contributed by atoms with Crippen LogP contribution in [-0.4, -0.2) is 14.5 Å². The van der Waals surface area contributed by atoms with E-state index in [0.717, 1.165) is 33.4 Å². The van der Waals surface area contributed by atoms with Crippen molar-refractivity contribution >= 4 is 34.0 Å². The third kappa shape index (κ3) is 2.94. The first-order valence-corrected chi connectivity index (χ1v) is 9.96. The van der Waals surface area contributed by atoms with Crippen molar-refractivity contribution in [1.29, 1.82) is 0 Å². The maximum Gasteiger partial charge on any atom is 0.266 e. The highest BCUT2D eigenvalue weighted by atomic mass is 16.1. The number of hydrogen-bond donors (Lipinski definition) is 1. The molecule has 4 heteroatoms. The van der Waals surface area contributed by atoms with Crippen LogP contribution in [0.25, 0.3) is 39.6 Å². The highest BCUT2D eigenvalue weighted by Crippen LogP contribution is 2.24. The van der Waals surface area contributed by atoms with Crippen LogP contribution in [0, 0.1) is 13.8 Å². The van der Waals surface area contributed by atoms with Gasteiger partial charge in [0, 0.05) is 22.2 Å². The molecule has 146 valence electrons. The lowest BCUT2D eigenvalue weighted by atomic mass is 10.1. The summed E-state index contributed by atoms with van der Waals surface area (Å²) in [4.78, 5) is 21.7. The molecule has 4 nitrogen and oxygen atoms in total. The normalized spacial score (nSPS) is 11.7. The minimum Gasteiger partial charge on any atom is -0.358 e. The predicted molar refractivity (Wildman–Crippen MR) is 124 cm³/mol. The highest BCUT2D eigenvalue weighted by Gasteiger charge is 2.13. The third-order valence-corrected chi connectivity index (χ3v) is 5.50. The van der Waals surface area contributed by atoms with Crippen LogP contribution in [0.2, 0.25) is 0 Å². The first-order valence-electron chi connectivity index (χ1n) is 9.96. The van der Waals surface area contributed by atoms with E-state index in [2.05, 4.69) is 24.0 Å². The van der Waals surface area contributed by atoms with Crippen LogP contribution in [-0.2, 0) is 0 Å². The molecule has 0 saturated heterocycles. The monoisotopic (exact) mass is 391 g/mol. The van der Waals surface area contributed by atoms with Gasteiger partial charge < -0.3 is 4.98 Å². The number of rotatable bonds is 3. The van der Waals surface area contributed by atoms with Crippen LogP contribution in [0.15, 0.2) is 77.6 Å². The summed E-state index contributed by atoms with van der Waals surface area (Å²) < 4.78 is 1.71. The minimum absolute atomic E-state index is 0.0646. The Morgan fingerprint density at radius 3 is 2.37 bits per heavy atom. The number of aryl methyl sites for hydroxylation is 2. The van der Waals surface area contributed by atoms with E-state index in [1.54, 1.807) is 4.57 Å². The Morgan fingerprint density at radius 1 is 0.833 bits per heavy atom. The Hall–Kier alpha value is -3.92. The van der Waals surface area contributed by atoms with Crippen molar-refractivity contribution in [3.8, 4) is 5.69 Å². The van der Waals surface area contributed by atoms with Crippen molar-refractivity contribution in [3.05, 3.63) is 106 Å². The summed E-state index contributed by atoms with van der Waals surface area (Å²) in [5, 5.41) is 1.76. The van der Waals surface area contributed by atoms with Crippen LogP contribution < -0.4 is 5.56 Å². The molecule has 3 aromatic carbocycles. The van der Waals surface area contributed by atoms with Crippen molar-refractivity contribution in [2.75, 3.05) is 0 Å². The molecule has 5 rings (SSSR count). The number of nitrogens with zero attached hydrogens (tertiary/aromatic N) is 2. The van der Waals surface area contributed by atoms with Crippen molar-refractivity contribution in [2.45, 2.75) is 13.8 Å². The zero-order valence-electron chi connectivity index (χ0n) is 16.9. The summed E-state index contributed by atoms with van der Waals surface area (Å²) in [5.74, 6) is 0.609. The summed E-state index contributed by atoms with van der Waals surface area (Å²) in [6, 6.07) is 23.6. The van der Waals surface area contributed by atoms with E-state index in [-0.39, 0.29) is 5.56 Å². The van der Waals surface area contributed by atoms with Crippen LogP contribution in [0.5, 0.6) is 0 Å². The molecule has 0 aliphatic rings. The Bertz CT molecular complexity index is 1490. The van der Waals surface area contributed by atoms with Crippen molar-refractivity contribution in [1.82, 2.24) is 14.5 Å². The van der Waals surface area contributed by atoms with Gasteiger partial charge in [0.25, 0.3) is 5.56 Å². The molecule has 1 N–H and O–H groups in total. The number of para-hydroxylation sites is 3. The van der Waals surface area contributed by atoms with E-state index in [4.69, 9.17) is 4.98 Å². The summed E-state index contributed by atoms with van der Waals surface area (Å²) in [6.45, 7) is 4.07. The second-order valence-corrected chi connectivity index (χ2v) is 7.46. The average molecular weight is 391 g/mol. The van der Waals surface area contributed by atoms with Gasteiger partial charge in [0.15, 0.2) is 0 Å². The number of fused-ring (bicyclic) bond motifs is 2. The summed E-state index contributed by atoms with van der Waals surface area (Å²) in [6.07, 6.45) is 3.97. The molecule has 30 heavy (non-hydrogen) atoms. The first-order chi connectivity index (χ1) is 14.6. The van der Waals surface area contributed by atoms with Gasteiger partial charge in [-0.15, -0.1) is 0 Å². The van der Waals surface area contributed by atoms with E-state index in [1.807, 2.05) is 79.7 Å². The standard InChI is InChI=1S/C26H21N3O/c1-17-9-3-8-14-24(17)29-25(28-23-13-7-5-11-21(23)26(29)30)16-15-19-18(2)27-22-12-6-4-10-20(19)22/h3-16,27H,1-2H3. The van der Waals surface area contributed by atoms with Gasteiger partial charge >= 0.3 is 0 Å². The van der Waals surface area contributed by atoms with E-state index < -0.39 is 0 Å². The van der Waals surface area contributed by atoms with E-state index in [9.17, 15) is 4.79 Å². The van der Waals surface area contributed by atoms with Gasteiger partial charge in [-0.3, -0.25) is 9.36 Å². The summed E-state index contributed by atoms with van der Waals surface area (Å²) >= 11 is 0. The maximum atomic E-state index is 13.4. The fourth-order valence-corrected chi connectivity index (χ4v) is 3.98. The summed E-state index contributed by atoms with van der Waals surface area (Å²) in [7, 11) is 0. The lowest BCUT2D eigenvalue weighted by Gasteiger charge is -2.13. The third-order valence-electron chi connectivity index (χ3n) is 5.50. The van der Waals surface area contributed by atoms with E-state index in [0.29, 0.717) is 16.7 Å². The molecule has 0 aliphatic carbocycles. The number of nitrogens with one attached hydrogen (secondary N) is 1. The molecule has 2 heterocycles. The number of aromatic amines is 1. The van der Waals surface area contributed by atoms with Gasteiger partial charge in [-0.25, -0.2) is 4.98 Å².